The Labute approximate surface area is 120 Å². The molecule has 0 N–H and O–H groups in total. The quantitative estimate of drug-likeness (QED) is 0.642. The Morgan fingerprint density at radius 2 is 1.74 bits per heavy atom. The molecule has 3 heteroatoms. The average molecular weight is 325 g/mol. The van der Waals surface area contributed by atoms with Crippen LogP contribution in [0.4, 0.5) is 8.78 Å². The Bertz CT molecular complexity index is 540. The van der Waals surface area contributed by atoms with E-state index in [0.29, 0.717) is 5.56 Å². The maximum absolute atomic E-state index is 13.8. The fourth-order valence-electron chi connectivity index (χ4n) is 2.25. The number of benzene rings is 2. The van der Waals surface area contributed by atoms with Crippen molar-refractivity contribution in [2.45, 2.75) is 24.1 Å². The number of hydrogen-bond donors (Lipinski definition) is 0. The van der Waals surface area contributed by atoms with Crippen LogP contribution in [-0.4, -0.2) is 0 Å². The summed E-state index contributed by atoms with van der Waals surface area (Å²) >= 11 is 3.56. The van der Waals surface area contributed by atoms with Crippen molar-refractivity contribution in [1.29, 1.82) is 0 Å². The summed E-state index contributed by atoms with van der Waals surface area (Å²) in [7, 11) is 0. The van der Waals surface area contributed by atoms with Gasteiger partial charge in [-0.25, -0.2) is 8.78 Å². The predicted octanol–water partition coefficient (Wildman–Crippen LogP) is 5.59. The molecule has 0 fully saturated rings. The van der Waals surface area contributed by atoms with Crippen LogP contribution in [0.15, 0.2) is 48.5 Å². The normalized spacial score (nSPS) is 14.1. The standard InChI is InChI=1S/C16H15BrF2/c1-2-13(11-6-4-3-5-7-11)16(17)14-9-8-12(18)10-15(14)19/h3-10,13,16H,2H2,1H3. The molecular weight excluding hydrogens is 310 g/mol. The molecule has 0 aliphatic rings. The Morgan fingerprint density at radius 3 is 2.32 bits per heavy atom. The average Bonchev–Trinajstić information content (AvgIpc) is 2.40. The van der Waals surface area contributed by atoms with E-state index in [1.54, 1.807) is 0 Å². The molecule has 0 aliphatic carbocycles. The van der Waals surface area contributed by atoms with Gasteiger partial charge in [0.05, 0.1) is 0 Å². The number of hydrogen-bond acceptors (Lipinski definition) is 0. The topological polar surface area (TPSA) is 0 Å². The first-order valence-corrected chi connectivity index (χ1v) is 7.19. The highest BCUT2D eigenvalue weighted by molar-refractivity contribution is 9.09. The molecule has 0 nitrogen and oxygen atoms in total. The van der Waals surface area contributed by atoms with E-state index in [4.69, 9.17) is 0 Å². The van der Waals surface area contributed by atoms with Crippen LogP contribution in [0.2, 0.25) is 0 Å². The molecule has 0 heterocycles. The van der Waals surface area contributed by atoms with Gasteiger partial charge in [-0.1, -0.05) is 59.3 Å². The zero-order valence-corrected chi connectivity index (χ0v) is 12.2. The van der Waals surface area contributed by atoms with Crippen LogP contribution < -0.4 is 0 Å². The van der Waals surface area contributed by atoms with Crippen molar-refractivity contribution in [1.82, 2.24) is 0 Å². The van der Waals surface area contributed by atoms with Crippen molar-refractivity contribution in [3.8, 4) is 0 Å². The first-order valence-electron chi connectivity index (χ1n) is 6.27. The summed E-state index contributed by atoms with van der Waals surface area (Å²) in [5, 5.41) is 0. The number of halogens is 3. The maximum atomic E-state index is 13.8. The molecule has 0 aromatic heterocycles. The molecule has 19 heavy (non-hydrogen) atoms. The zero-order chi connectivity index (χ0) is 13.8. The number of rotatable bonds is 4. The molecule has 0 radical (unpaired) electrons. The van der Waals surface area contributed by atoms with Crippen LogP contribution in [0.5, 0.6) is 0 Å². The van der Waals surface area contributed by atoms with Gasteiger partial charge in [0.15, 0.2) is 0 Å². The fraction of sp³-hybridized carbons (Fsp3) is 0.250. The molecule has 0 spiro atoms. The van der Waals surface area contributed by atoms with Gasteiger partial charge in [0, 0.05) is 22.4 Å². The molecule has 0 amide bonds. The molecule has 2 unspecified atom stereocenters. The molecule has 0 saturated carbocycles. The minimum atomic E-state index is -0.547. The monoisotopic (exact) mass is 324 g/mol. The van der Waals surface area contributed by atoms with E-state index in [0.717, 1.165) is 18.1 Å². The number of alkyl halides is 1. The predicted molar refractivity (Wildman–Crippen MR) is 77.5 cm³/mol. The second-order valence-electron chi connectivity index (χ2n) is 4.49. The molecule has 2 rings (SSSR count). The first kappa shape index (κ1) is 14.2. The molecule has 0 bridgehead atoms. The lowest BCUT2D eigenvalue weighted by molar-refractivity contribution is 0.556. The van der Waals surface area contributed by atoms with Crippen LogP contribution in [0.25, 0.3) is 0 Å². The SMILES string of the molecule is CCC(c1ccccc1)C(Br)c1ccc(F)cc1F. The van der Waals surface area contributed by atoms with Gasteiger partial charge in [0.2, 0.25) is 0 Å². The van der Waals surface area contributed by atoms with Crippen molar-refractivity contribution in [3.63, 3.8) is 0 Å². The second kappa shape index (κ2) is 6.29. The largest absolute Gasteiger partial charge is 0.207 e. The third-order valence-corrected chi connectivity index (χ3v) is 4.41. The van der Waals surface area contributed by atoms with E-state index in [-0.39, 0.29) is 10.7 Å². The first-order chi connectivity index (χ1) is 9.13. The Hall–Kier alpha value is -1.22. The highest BCUT2D eigenvalue weighted by atomic mass is 79.9. The smallest absolute Gasteiger partial charge is 0.130 e. The summed E-state index contributed by atoms with van der Waals surface area (Å²) in [6.45, 7) is 2.06. The maximum Gasteiger partial charge on any atom is 0.130 e. The van der Waals surface area contributed by atoms with Crippen LogP contribution >= 0.6 is 15.9 Å². The fourth-order valence-corrected chi connectivity index (χ4v) is 3.30. The third kappa shape index (κ3) is 3.21. The molecule has 2 aromatic carbocycles. The zero-order valence-electron chi connectivity index (χ0n) is 10.6. The van der Waals surface area contributed by atoms with Crippen LogP contribution in [0.3, 0.4) is 0 Å². The van der Waals surface area contributed by atoms with E-state index >= 15 is 0 Å². The summed E-state index contributed by atoms with van der Waals surface area (Å²) in [6, 6.07) is 13.7. The third-order valence-electron chi connectivity index (χ3n) is 3.28. The van der Waals surface area contributed by atoms with E-state index < -0.39 is 11.6 Å². The van der Waals surface area contributed by atoms with Crippen molar-refractivity contribution >= 4 is 15.9 Å². The van der Waals surface area contributed by atoms with Gasteiger partial charge >= 0.3 is 0 Å². The van der Waals surface area contributed by atoms with Crippen LogP contribution in [0, 0.1) is 11.6 Å². The van der Waals surface area contributed by atoms with E-state index in [2.05, 4.69) is 22.9 Å². The van der Waals surface area contributed by atoms with Gasteiger partial charge < -0.3 is 0 Å². The highest BCUT2D eigenvalue weighted by Crippen LogP contribution is 2.41. The van der Waals surface area contributed by atoms with Gasteiger partial charge in [0.1, 0.15) is 11.6 Å². The van der Waals surface area contributed by atoms with Crippen LogP contribution in [-0.2, 0) is 0 Å². The van der Waals surface area contributed by atoms with Crippen molar-refractivity contribution in [3.05, 3.63) is 71.3 Å². The molecular formula is C16H15BrF2. The van der Waals surface area contributed by atoms with E-state index in [1.165, 1.54) is 12.1 Å². The van der Waals surface area contributed by atoms with Gasteiger partial charge in [0.25, 0.3) is 0 Å². The Morgan fingerprint density at radius 1 is 1.05 bits per heavy atom. The lowest BCUT2D eigenvalue weighted by Crippen LogP contribution is -2.07. The van der Waals surface area contributed by atoms with Gasteiger partial charge in [-0.3, -0.25) is 0 Å². The highest BCUT2D eigenvalue weighted by Gasteiger charge is 2.23. The summed E-state index contributed by atoms with van der Waals surface area (Å²) in [5.41, 5.74) is 1.65. The lowest BCUT2D eigenvalue weighted by Gasteiger charge is -2.22. The molecule has 2 aromatic rings. The van der Waals surface area contributed by atoms with Crippen molar-refractivity contribution in [2.75, 3.05) is 0 Å². The molecule has 0 saturated heterocycles. The van der Waals surface area contributed by atoms with Gasteiger partial charge in [-0.2, -0.15) is 0 Å². The van der Waals surface area contributed by atoms with Crippen molar-refractivity contribution in [2.24, 2.45) is 0 Å². The molecule has 0 aliphatic heterocycles. The lowest BCUT2D eigenvalue weighted by atomic mass is 9.89. The molecule has 2 atom stereocenters. The minimum Gasteiger partial charge on any atom is -0.207 e. The van der Waals surface area contributed by atoms with E-state index in [1.807, 2.05) is 30.3 Å². The molecule has 100 valence electrons. The van der Waals surface area contributed by atoms with Gasteiger partial charge in [-0.05, 0) is 18.1 Å². The van der Waals surface area contributed by atoms with Crippen molar-refractivity contribution < 1.29 is 8.78 Å². The second-order valence-corrected chi connectivity index (χ2v) is 5.48. The Balaban J connectivity index is 2.33. The van der Waals surface area contributed by atoms with Gasteiger partial charge in [-0.15, -0.1) is 0 Å². The minimum absolute atomic E-state index is 0.154. The summed E-state index contributed by atoms with van der Waals surface area (Å²) in [6.07, 6.45) is 0.872. The summed E-state index contributed by atoms with van der Waals surface area (Å²) < 4.78 is 26.8. The summed E-state index contributed by atoms with van der Waals surface area (Å²) in [5.74, 6) is -0.897. The van der Waals surface area contributed by atoms with E-state index in [9.17, 15) is 8.78 Å². The Kier molecular flexibility index (Phi) is 4.70. The van der Waals surface area contributed by atoms with Crippen LogP contribution in [0.1, 0.15) is 35.2 Å². The summed E-state index contributed by atoms with van der Waals surface area (Å²) in [4.78, 5) is -0.166.